The highest BCUT2D eigenvalue weighted by Crippen LogP contribution is 2.38. The van der Waals surface area contributed by atoms with Gasteiger partial charge in [-0.15, -0.1) is 11.3 Å². The van der Waals surface area contributed by atoms with E-state index in [1.807, 2.05) is 6.07 Å². The van der Waals surface area contributed by atoms with Gasteiger partial charge in [0.15, 0.2) is 0 Å². The van der Waals surface area contributed by atoms with Crippen molar-refractivity contribution in [2.45, 2.75) is 32.1 Å². The van der Waals surface area contributed by atoms with Crippen LogP contribution in [-0.2, 0) is 16.0 Å². The second-order valence-electron chi connectivity index (χ2n) is 5.03. The Bertz CT molecular complexity index is 668. The molecule has 0 unspecified atom stereocenters. The minimum Gasteiger partial charge on any atom is -0.465 e. The number of aryl methyl sites for hydroxylation is 1. The van der Waals surface area contributed by atoms with Crippen LogP contribution in [0.3, 0.4) is 0 Å². The van der Waals surface area contributed by atoms with Crippen molar-refractivity contribution < 1.29 is 13.9 Å². The number of nitrogens with zero attached hydrogens (tertiary/aromatic N) is 1. The molecular weight excluding hydrogens is 289 g/mol. The van der Waals surface area contributed by atoms with Crippen LogP contribution < -0.4 is 0 Å². The lowest BCUT2D eigenvalue weighted by molar-refractivity contribution is -0.145. The molecule has 1 atom stereocenters. The number of carbonyl (C=O) groups excluding carboxylic acids is 1. The maximum absolute atomic E-state index is 13.3. The zero-order chi connectivity index (χ0) is 14.8. The molecule has 1 aromatic carbocycles. The lowest BCUT2D eigenvalue weighted by atomic mass is 9.91. The third-order valence-electron chi connectivity index (χ3n) is 3.60. The van der Waals surface area contributed by atoms with E-state index in [1.165, 1.54) is 12.1 Å². The molecule has 1 aliphatic rings. The van der Waals surface area contributed by atoms with Crippen LogP contribution in [0.15, 0.2) is 24.3 Å². The molecule has 0 spiro atoms. The topological polar surface area (TPSA) is 39.2 Å². The Hall–Kier alpha value is -1.75. The van der Waals surface area contributed by atoms with E-state index in [-0.39, 0.29) is 17.7 Å². The molecule has 0 saturated carbocycles. The van der Waals surface area contributed by atoms with Gasteiger partial charge in [0.1, 0.15) is 16.7 Å². The fraction of sp³-hybridized carbons (Fsp3) is 0.375. The molecule has 0 aliphatic heterocycles. The summed E-state index contributed by atoms with van der Waals surface area (Å²) in [7, 11) is 0. The molecule has 1 aliphatic carbocycles. The molecule has 0 amide bonds. The predicted molar refractivity (Wildman–Crippen MR) is 79.8 cm³/mol. The summed E-state index contributed by atoms with van der Waals surface area (Å²) in [5.41, 5.74) is 1.58. The predicted octanol–water partition coefficient (Wildman–Crippen LogP) is 3.93. The van der Waals surface area contributed by atoms with Crippen molar-refractivity contribution >= 4 is 17.3 Å². The van der Waals surface area contributed by atoms with Crippen LogP contribution in [0.1, 0.15) is 36.3 Å². The van der Waals surface area contributed by atoms with Gasteiger partial charge in [-0.2, -0.15) is 0 Å². The Balaban J connectivity index is 1.96. The van der Waals surface area contributed by atoms with E-state index in [2.05, 4.69) is 4.98 Å². The van der Waals surface area contributed by atoms with Gasteiger partial charge in [0.2, 0.25) is 0 Å². The van der Waals surface area contributed by atoms with Gasteiger partial charge < -0.3 is 4.74 Å². The second-order valence-corrected chi connectivity index (χ2v) is 6.12. The number of aromatic nitrogens is 1. The van der Waals surface area contributed by atoms with E-state index in [1.54, 1.807) is 24.3 Å². The number of carbonyl (C=O) groups is 1. The number of thiazole rings is 1. The first-order valence-electron chi connectivity index (χ1n) is 7.11. The van der Waals surface area contributed by atoms with Gasteiger partial charge in [-0.25, -0.2) is 9.37 Å². The van der Waals surface area contributed by atoms with Crippen molar-refractivity contribution in [2.75, 3.05) is 6.61 Å². The monoisotopic (exact) mass is 305 g/mol. The molecule has 21 heavy (non-hydrogen) atoms. The minimum absolute atomic E-state index is 0.199. The molecule has 1 aromatic heterocycles. The lowest BCUT2D eigenvalue weighted by Crippen LogP contribution is -2.20. The van der Waals surface area contributed by atoms with Crippen molar-refractivity contribution in [3.63, 3.8) is 0 Å². The highest BCUT2D eigenvalue weighted by Gasteiger charge is 2.31. The van der Waals surface area contributed by atoms with Crippen LogP contribution in [0.5, 0.6) is 0 Å². The van der Waals surface area contributed by atoms with Crippen molar-refractivity contribution in [3.8, 4) is 10.6 Å². The summed E-state index contributed by atoms with van der Waals surface area (Å²) >= 11 is 1.55. The van der Waals surface area contributed by atoms with Crippen molar-refractivity contribution in [1.29, 1.82) is 0 Å². The van der Waals surface area contributed by atoms with Crippen LogP contribution in [0.25, 0.3) is 10.6 Å². The molecule has 0 N–H and O–H groups in total. The summed E-state index contributed by atoms with van der Waals surface area (Å²) in [5.74, 6) is -0.746. The lowest BCUT2D eigenvalue weighted by Gasteiger charge is -2.19. The van der Waals surface area contributed by atoms with Crippen molar-refractivity contribution in [3.05, 3.63) is 40.7 Å². The van der Waals surface area contributed by atoms with Gasteiger partial charge in [0, 0.05) is 10.4 Å². The number of rotatable bonds is 3. The van der Waals surface area contributed by atoms with E-state index in [4.69, 9.17) is 4.74 Å². The first-order valence-corrected chi connectivity index (χ1v) is 7.93. The maximum Gasteiger partial charge on any atom is 0.315 e. The summed E-state index contributed by atoms with van der Waals surface area (Å²) in [6, 6.07) is 6.41. The fourth-order valence-corrected chi connectivity index (χ4v) is 3.80. The van der Waals surface area contributed by atoms with Crippen molar-refractivity contribution in [1.82, 2.24) is 4.98 Å². The van der Waals surface area contributed by atoms with Crippen LogP contribution in [0, 0.1) is 5.82 Å². The van der Waals surface area contributed by atoms with Gasteiger partial charge in [-0.05, 0) is 38.3 Å². The smallest absolute Gasteiger partial charge is 0.315 e. The third kappa shape index (κ3) is 2.83. The number of hydrogen-bond donors (Lipinski definition) is 0. The molecule has 3 nitrogen and oxygen atoms in total. The van der Waals surface area contributed by atoms with Crippen molar-refractivity contribution in [2.24, 2.45) is 0 Å². The average Bonchev–Trinajstić information content (AvgIpc) is 2.91. The molecule has 2 aromatic rings. The molecule has 3 rings (SSSR count). The number of fused-ring (bicyclic) bond motifs is 1. The summed E-state index contributed by atoms with van der Waals surface area (Å²) in [6.45, 7) is 2.19. The Morgan fingerprint density at radius 2 is 2.38 bits per heavy atom. The number of halogens is 1. The molecule has 1 heterocycles. The fourth-order valence-electron chi connectivity index (χ4n) is 2.64. The Morgan fingerprint density at radius 1 is 1.52 bits per heavy atom. The van der Waals surface area contributed by atoms with E-state index in [9.17, 15) is 9.18 Å². The van der Waals surface area contributed by atoms with Gasteiger partial charge in [0.25, 0.3) is 0 Å². The first kappa shape index (κ1) is 14.2. The van der Waals surface area contributed by atoms with E-state index in [0.29, 0.717) is 6.61 Å². The third-order valence-corrected chi connectivity index (χ3v) is 4.78. The van der Waals surface area contributed by atoms with E-state index in [0.717, 1.165) is 40.4 Å². The zero-order valence-electron chi connectivity index (χ0n) is 11.8. The molecule has 0 fully saturated rings. The van der Waals surface area contributed by atoms with Gasteiger partial charge in [0.05, 0.1) is 12.3 Å². The normalized spacial score (nSPS) is 17.3. The summed E-state index contributed by atoms with van der Waals surface area (Å²) in [4.78, 5) is 17.8. The largest absolute Gasteiger partial charge is 0.465 e. The van der Waals surface area contributed by atoms with Crippen LogP contribution in [0.2, 0.25) is 0 Å². The summed E-state index contributed by atoms with van der Waals surface area (Å²) in [5, 5.41) is 0.774. The first-order chi connectivity index (χ1) is 10.2. The van der Waals surface area contributed by atoms with Gasteiger partial charge in [-0.1, -0.05) is 12.1 Å². The van der Waals surface area contributed by atoms with E-state index >= 15 is 0 Å². The molecule has 110 valence electrons. The molecule has 0 saturated heterocycles. The second kappa shape index (κ2) is 5.93. The van der Waals surface area contributed by atoms with Crippen LogP contribution in [-0.4, -0.2) is 17.6 Å². The maximum atomic E-state index is 13.3. The number of benzene rings is 1. The molecule has 0 radical (unpaired) electrons. The Morgan fingerprint density at radius 3 is 3.14 bits per heavy atom. The number of hydrogen-bond acceptors (Lipinski definition) is 4. The standard InChI is InChI=1S/C16H16FNO2S/c1-2-20-16(19)12-7-4-8-13-14(12)18-15(21-13)10-5-3-6-11(17)9-10/h3,5-6,9,12H,2,4,7-8H2,1H3/t12-/m0/s1. The molecule has 5 heteroatoms. The number of ether oxygens (including phenoxy) is 1. The Kier molecular flexibility index (Phi) is 4.01. The van der Waals surface area contributed by atoms with Crippen LogP contribution in [0.4, 0.5) is 4.39 Å². The van der Waals surface area contributed by atoms with Crippen LogP contribution >= 0.6 is 11.3 Å². The minimum atomic E-state index is -0.275. The highest BCUT2D eigenvalue weighted by atomic mass is 32.1. The summed E-state index contributed by atoms with van der Waals surface area (Å²) < 4.78 is 18.5. The Labute approximate surface area is 126 Å². The van der Waals surface area contributed by atoms with E-state index < -0.39 is 0 Å². The average molecular weight is 305 g/mol. The van der Waals surface area contributed by atoms with Gasteiger partial charge in [-0.3, -0.25) is 4.79 Å². The summed E-state index contributed by atoms with van der Waals surface area (Å²) in [6.07, 6.45) is 2.66. The zero-order valence-corrected chi connectivity index (χ0v) is 12.6. The SMILES string of the molecule is CCOC(=O)[C@H]1CCCc2sc(-c3cccc(F)c3)nc21. The van der Waals surface area contributed by atoms with Gasteiger partial charge >= 0.3 is 5.97 Å². The highest BCUT2D eigenvalue weighted by molar-refractivity contribution is 7.15. The molecule has 0 bridgehead atoms. The quantitative estimate of drug-likeness (QED) is 0.807. The number of esters is 1. The molecular formula is C16H16FNO2S.